The zero-order valence-electron chi connectivity index (χ0n) is 15.9. The average molecular weight is 394 g/mol. The number of aryl methyl sites for hydroxylation is 1. The summed E-state index contributed by atoms with van der Waals surface area (Å²) in [7, 11) is 1.89. The number of carbonyl (C=O) groups excluding carboxylic acids is 1. The van der Waals surface area contributed by atoms with E-state index in [0.717, 1.165) is 24.8 Å². The second kappa shape index (κ2) is 8.61. The summed E-state index contributed by atoms with van der Waals surface area (Å²) in [6.07, 6.45) is 3.81. The Morgan fingerprint density at radius 2 is 1.93 bits per heavy atom. The fraction of sp³-hybridized carbons (Fsp3) is 0.318. The van der Waals surface area contributed by atoms with Gasteiger partial charge >= 0.3 is 0 Å². The van der Waals surface area contributed by atoms with Gasteiger partial charge in [-0.3, -0.25) is 4.79 Å². The van der Waals surface area contributed by atoms with Crippen LogP contribution in [-0.2, 0) is 17.6 Å². The Morgan fingerprint density at radius 1 is 1.14 bits per heavy atom. The number of benzene rings is 2. The maximum atomic E-state index is 12.7. The minimum Gasteiger partial charge on any atom is -0.416 e. The summed E-state index contributed by atoms with van der Waals surface area (Å²) in [5.41, 5.74) is 3.75. The standard InChI is InChI=1S/C22H23N3O2S/c1-25(19-13-7-11-17-10-5-6-12-18(17)19)21(26)15-28-22-24-23-20(27-22)14-16-8-3-2-4-9-16/h2-6,8-10,12,19H,7,11,13-15H2,1H3/t19-/m0/s1. The first-order valence-electron chi connectivity index (χ1n) is 9.53. The zero-order chi connectivity index (χ0) is 19.3. The number of aromatic nitrogens is 2. The van der Waals surface area contributed by atoms with E-state index in [1.54, 1.807) is 0 Å². The molecular weight excluding hydrogens is 370 g/mol. The molecule has 28 heavy (non-hydrogen) atoms. The van der Waals surface area contributed by atoms with E-state index in [4.69, 9.17) is 4.42 Å². The number of fused-ring (bicyclic) bond motifs is 1. The predicted octanol–water partition coefficient (Wildman–Crippen LogP) is 4.29. The van der Waals surface area contributed by atoms with Crippen LogP contribution in [0.5, 0.6) is 0 Å². The molecule has 0 fully saturated rings. The van der Waals surface area contributed by atoms with Crippen molar-refractivity contribution in [2.45, 2.75) is 36.9 Å². The van der Waals surface area contributed by atoms with Crippen LogP contribution in [0.3, 0.4) is 0 Å². The third-order valence-electron chi connectivity index (χ3n) is 5.16. The summed E-state index contributed by atoms with van der Waals surface area (Å²) in [4.78, 5) is 14.6. The van der Waals surface area contributed by atoms with Gasteiger partial charge < -0.3 is 9.32 Å². The van der Waals surface area contributed by atoms with E-state index in [1.807, 2.05) is 42.3 Å². The summed E-state index contributed by atoms with van der Waals surface area (Å²) in [6, 6.07) is 18.6. The monoisotopic (exact) mass is 393 g/mol. The zero-order valence-corrected chi connectivity index (χ0v) is 16.7. The van der Waals surface area contributed by atoms with Gasteiger partial charge in [-0.2, -0.15) is 0 Å². The number of amides is 1. The highest BCUT2D eigenvalue weighted by atomic mass is 32.2. The van der Waals surface area contributed by atoms with Crippen molar-refractivity contribution in [3.63, 3.8) is 0 Å². The predicted molar refractivity (Wildman–Crippen MR) is 109 cm³/mol. The second-order valence-electron chi connectivity index (χ2n) is 7.02. The SMILES string of the molecule is CN(C(=O)CSc1nnc(Cc2ccccc2)o1)[C@H]1CCCc2ccccc21. The molecule has 1 amide bonds. The number of thioether (sulfide) groups is 1. The molecule has 0 bridgehead atoms. The van der Waals surface area contributed by atoms with E-state index in [1.165, 1.54) is 22.9 Å². The molecule has 0 aliphatic heterocycles. The molecule has 0 radical (unpaired) electrons. The molecule has 4 rings (SSSR count). The minimum atomic E-state index is 0.0783. The lowest BCUT2D eigenvalue weighted by molar-refractivity contribution is -0.129. The molecule has 0 spiro atoms. The molecule has 1 aliphatic rings. The number of carbonyl (C=O) groups is 1. The van der Waals surface area contributed by atoms with E-state index in [9.17, 15) is 4.79 Å². The highest BCUT2D eigenvalue weighted by Gasteiger charge is 2.26. The van der Waals surface area contributed by atoms with Gasteiger partial charge in [0.05, 0.1) is 18.2 Å². The molecule has 3 aromatic rings. The number of nitrogens with zero attached hydrogens (tertiary/aromatic N) is 3. The molecule has 6 heteroatoms. The van der Waals surface area contributed by atoms with Crippen LogP contribution >= 0.6 is 11.8 Å². The Labute approximate surface area is 169 Å². The molecule has 1 heterocycles. The number of hydrogen-bond acceptors (Lipinski definition) is 5. The first-order chi connectivity index (χ1) is 13.7. The average Bonchev–Trinajstić information content (AvgIpc) is 3.19. The van der Waals surface area contributed by atoms with Gasteiger partial charge in [-0.1, -0.05) is 66.4 Å². The first-order valence-corrected chi connectivity index (χ1v) is 10.5. The molecular formula is C22H23N3O2S. The van der Waals surface area contributed by atoms with Gasteiger partial charge in [-0.15, -0.1) is 10.2 Å². The van der Waals surface area contributed by atoms with Crippen molar-refractivity contribution in [2.75, 3.05) is 12.8 Å². The van der Waals surface area contributed by atoms with Crippen molar-refractivity contribution in [3.8, 4) is 0 Å². The minimum absolute atomic E-state index is 0.0783. The smallest absolute Gasteiger partial charge is 0.277 e. The lowest BCUT2D eigenvalue weighted by Gasteiger charge is -2.33. The quantitative estimate of drug-likeness (QED) is 0.585. The molecule has 1 aromatic heterocycles. The van der Waals surface area contributed by atoms with Crippen LogP contribution in [0.1, 0.15) is 41.5 Å². The molecule has 1 atom stereocenters. The van der Waals surface area contributed by atoms with Gasteiger partial charge in [0.1, 0.15) is 0 Å². The van der Waals surface area contributed by atoms with Crippen LogP contribution in [0, 0.1) is 0 Å². The molecule has 0 saturated carbocycles. The fourth-order valence-electron chi connectivity index (χ4n) is 3.67. The largest absolute Gasteiger partial charge is 0.416 e. The summed E-state index contributed by atoms with van der Waals surface area (Å²) in [6.45, 7) is 0. The van der Waals surface area contributed by atoms with Crippen LogP contribution in [-0.4, -0.2) is 33.8 Å². The Bertz CT molecular complexity index is 942. The summed E-state index contributed by atoms with van der Waals surface area (Å²) < 4.78 is 5.69. The van der Waals surface area contributed by atoms with Gasteiger partial charge in [0.2, 0.25) is 11.8 Å². The first kappa shape index (κ1) is 18.7. The summed E-state index contributed by atoms with van der Waals surface area (Å²) >= 11 is 1.30. The third kappa shape index (κ3) is 4.28. The molecule has 1 aliphatic carbocycles. The summed E-state index contributed by atoms with van der Waals surface area (Å²) in [5.74, 6) is 0.938. The van der Waals surface area contributed by atoms with Gasteiger partial charge in [-0.25, -0.2) is 0 Å². The van der Waals surface area contributed by atoms with Crippen molar-refractivity contribution in [1.29, 1.82) is 0 Å². The topological polar surface area (TPSA) is 59.2 Å². The number of hydrogen-bond donors (Lipinski definition) is 0. The van der Waals surface area contributed by atoms with Crippen molar-refractivity contribution in [1.82, 2.24) is 15.1 Å². The van der Waals surface area contributed by atoms with E-state index in [0.29, 0.717) is 23.3 Å². The molecule has 144 valence electrons. The molecule has 0 saturated heterocycles. The Hall–Kier alpha value is -2.60. The van der Waals surface area contributed by atoms with E-state index >= 15 is 0 Å². The normalized spacial score (nSPS) is 15.8. The lowest BCUT2D eigenvalue weighted by Crippen LogP contribution is -2.34. The van der Waals surface area contributed by atoms with Crippen LogP contribution < -0.4 is 0 Å². The third-order valence-corrected chi connectivity index (χ3v) is 5.97. The summed E-state index contributed by atoms with van der Waals surface area (Å²) in [5, 5.41) is 8.60. The fourth-order valence-corrected chi connectivity index (χ4v) is 4.37. The maximum absolute atomic E-state index is 12.7. The molecule has 5 nitrogen and oxygen atoms in total. The van der Waals surface area contributed by atoms with Crippen molar-refractivity contribution < 1.29 is 9.21 Å². The highest BCUT2D eigenvalue weighted by Crippen LogP contribution is 2.34. The molecule has 0 N–H and O–H groups in total. The Kier molecular flexibility index (Phi) is 5.76. The van der Waals surface area contributed by atoms with E-state index in [2.05, 4.69) is 34.5 Å². The number of rotatable bonds is 6. The van der Waals surface area contributed by atoms with Gasteiger partial charge in [0.15, 0.2) is 0 Å². The highest BCUT2D eigenvalue weighted by molar-refractivity contribution is 7.99. The van der Waals surface area contributed by atoms with Gasteiger partial charge in [0.25, 0.3) is 5.22 Å². The van der Waals surface area contributed by atoms with Gasteiger partial charge in [0, 0.05) is 7.05 Å². The van der Waals surface area contributed by atoms with E-state index in [-0.39, 0.29) is 11.9 Å². The molecule has 2 aromatic carbocycles. The van der Waals surface area contributed by atoms with Crippen molar-refractivity contribution >= 4 is 17.7 Å². The second-order valence-corrected chi connectivity index (χ2v) is 7.95. The van der Waals surface area contributed by atoms with Crippen molar-refractivity contribution in [3.05, 3.63) is 77.2 Å². The van der Waals surface area contributed by atoms with Crippen LogP contribution in [0.15, 0.2) is 64.2 Å². The van der Waals surface area contributed by atoms with Crippen LogP contribution in [0.25, 0.3) is 0 Å². The Morgan fingerprint density at radius 3 is 2.79 bits per heavy atom. The Balaban J connectivity index is 1.35. The van der Waals surface area contributed by atoms with Crippen molar-refractivity contribution in [2.24, 2.45) is 0 Å². The van der Waals surface area contributed by atoms with Crippen LogP contribution in [0.4, 0.5) is 0 Å². The molecule has 0 unspecified atom stereocenters. The maximum Gasteiger partial charge on any atom is 0.277 e. The van der Waals surface area contributed by atoms with Gasteiger partial charge in [-0.05, 0) is 36.0 Å². The lowest BCUT2D eigenvalue weighted by atomic mass is 9.87. The van der Waals surface area contributed by atoms with E-state index < -0.39 is 0 Å². The van der Waals surface area contributed by atoms with Crippen LogP contribution in [0.2, 0.25) is 0 Å².